The highest BCUT2D eigenvalue weighted by atomic mass is 19.1. The minimum atomic E-state index is -0.313. The van der Waals surface area contributed by atoms with Crippen molar-refractivity contribution < 1.29 is 9.18 Å². The van der Waals surface area contributed by atoms with Crippen molar-refractivity contribution in [1.29, 1.82) is 0 Å². The summed E-state index contributed by atoms with van der Waals surface area (Å²) in [6.07, 6.45) is 0.572. The number of carbonyl (C=O) groups is 1. The topological polar surface area (TPSA) is 67.1 Å². The fourth-order valence-electron chi connectivity index (χ4n) is 1.80. The van der Waals surface area contributed by atoms with Crippen LogP contribution in [0.1, 0.15) is 5.56 Å². The number of nitrogen functional groups attached to an aromatic ring is 1. The van der Waals surface area contributed by atoms with Gasteiger partial charge in [0.25, 0.3) is 0 Å². The predicted molar refractivity (Wildman–Crippen MR) is 78.0 cm³/mol. The first-order chi connectivity index (χ1) is 9.63. The SMILES string of the molecule is Nc1cccc(NC(=O)NCCc2cccc(F)c2)c1. The zero-order chi connectivity index (χ0) is 14.4. The average molecular weight is 273 g/mol. The van der Waals surface area contributed by atoms with E-state index in [1.807, 2.05) is 6.07 Å². The first kappa shape index (κ1) is 13.9. The van der Waals surface area contributed by atoms with Gasteiger partial charge in [0, 0.05) is 17.9 Å². The van der Waals surface area contributed by atoms with Crippen LogP contribution in [0, 0.1) is 5.82 Å². The van der Waals surface area contributed by atoms with Gasteiger partial charge in [-0.1, -0.05) is 18.2 Å². The van der Waals surface area contributed by atoms with Gasteiger partial charge in [0.05, 0.1) is 0 Å². The molecule has 0 aliphatic rings. The molecule has 0 saturated heterocycles. The Balaban J connectivity index is 1.78. The molecule has 0 bridgehead atoms. The van der Waals surface area contributed by atoms with Crippen molar-refractivity contribution in [3.05, 3.63) is 59.9 Å². The molecule has 4 nitrogen and oxygen atoms in total. The molecule has 0 aromatic heterocycles. The number of hydrogen-bond donors (Lipinski definition) is 3. The van der Waals surface area contributed by atoms with Gasteiger partial charge >= 0.3 is 6.03 Å². The van der Waals surface area contributed by atoms with Crippen molar-refractivity contribution in [2.24, 2.45) is 0 Å². The summed E-state index contributed by atoms with van der Waals surface area (Å²) in [6.45, 7) is 0.428. The van der Waals surface area contributed by atoms with Crippen molar-refractivity contribution in [1.82, 2.24) is 5.32 Å². The third kappa shape index (κ3) is 4.28. The minimum absolute atomic E-state index is 0.272. The van der Waals surface area contributed by atoms with E-state index < -0.39 is 0 Å². The third-order valence-corrected chi connectivity index (χ3v) is 2.73. The number of benzene rings is 2. The van der Waals surface area contributed by atoms with E-state index in [-0.39, 0.29) is 11.8 Å². The van der Waals surface area contributed by atoms with Crippen LogP contribution in [-0.4, -0.2) is 12.6 Å². The first-order valence-corrected chi connectivity index (χ1v) is 6.28. The Morgan fingerprint density at radius 2 is 1.95 bits per heavy atom. The summed E-state index contributed by atoms with van der Waals surface area (Å²) < 4.78 is 13.0. The quantitative estimate of drug-likeness (QED) is 0.750. The normalized spacial score (nSPS) is 10.1. The Hall–Kier alpha value is -2.56. The summed E-state index contributed by atoms with van der Waals surface area (Å²) in [5.74, 6) is -0.272. The maximum absolute atomic E-state index is 13.0. The largest absolute Gasteiger partial charge is 0.399 e. The molecule has 2 rings (SSSR count). The number of carbonyl (C=O) groups excluding carboxylic acids is 1. The number of anilines is 2. The highest BCUT2D eigenvalue weighted by molar-refractivity contribution is 5.89. The zero-order valence-corrected chi connectivity index (χ0v) is 10.9. The van der Waals surface area contributed by atoms with E-state index in [1.54, 1.807) is 30.3 Å². The molecule has 4 N–H and O–H groups in total. The molecular weight excluding hydrogens is 257 g/mol. The van der Waals surface area contributed by atoms with Gasteiger partial charge in [0.15, 0.2) is 0 Å². The molecule has 0 heterocycles. The van der Waals surface area contributed by atoms with E-state index in [9.17, 15) is 9.18 Å². The molecule has 0 fully saturated rings. The molecule has 2 aromatic carbocycles. The molecule has 0 unspecified atom stereocenters. The molecule has 2 aromatic rings. The van der Waals surface area contributed by atoms with Gasteiger partial charge in [-0.3, -0.25) is 0 Å². The van der Waals surface area contributed by atoms with Crippen LogP contribution in [0.5, 0.6) is 0 Å². The lowest BCUT2D eigenvalue weighted by Crippen LogP contribution is -2.30. The number of urea groups is 1. The summed E-state index contributed by atoms with van der Waals surface area (Å²) in [5.41, 5.74) is 7.68. The molecular formula is C15H16FN3O. The molecule has 0 spiro atoms. The van der Waals surface area contributed by atoms with Gasteiger partial charge < -0.3 is 16.4 Å². The van der Waals surface area contributed by atoms with Crippen molar-refractivity contribution in [3.8, 4) is 0 Å². The summed E-state index contributed by atoms with van der Waals surface area (Å²) >= 11 is 0. The van der Waals surface area contributed by atoms with E-state index in [0.29, 0.717) is 24.3 Å². The summed E-state index contributed by atoms with van der Waals surface area (Å²) in [6, 6.07) is 12.9. The lowest BCUT2D eigenvalue weighted by Gasteiger charge is -2.08. The van der Waals surface area contributed by atoms with E-state index in [2.05, 4.69) is 10.6 Å². The minimum Gasteiger partial charge on any atom is -0.399 e. The third-order valence-electron chi connectivity index (χ3n) is 2.73. The maximum atomic E-state index is 13.0. The first-order valence-electron chi connectivity index (χ1n) is 6.28. The molecule has 0 saturated carbocycles. The fraction of sp³-hybridized carbons (Fsp3) is 0.133. The molecule has 5 heteroatoms. The van der Waals surface area contributed by atoms with E-state index >= 15 is 0 Å². The van der Waals surface area contributed by atoms with Crippen molar-refractivity contribution in [2.45, 2.75) is 6.42 Å². The second-order valence-corrected chi connectivity index (χ2v) is 4.39. The zero-order valence-electron chi connectivity index (χ0n) is 10.9. The number of halogens is 1. The fourth-order valence-corrected chi connectivity index (χ4v) is 1.80. The Kier molecular flexibility index (Phi) is 4.55. The van der Waals surface area contributed by atoms with Crippen LogP contribution in [0.25, 0.3) is 0 Å². The van der Waals surface area contributed by atoms with Crippen molar-refractivity contribution in [2.75, 3.05) is 17.6 Å². The van der Waals surface area contributed by atoms with Crippen LogP contribution < -0.4 is 16.4 Å². The molecule has 2 amide bonds. The summed E-state index contributed by atoms with van der Waals surface area (Å²) in [5, 5.41) is 5.38. The maximum Gasteiger partial charge on any atom is 0.319 e. The van der Waals surface area contributed by atoms with Crippen LogP contribution in [0.3, 0.4) is 0 Å². The van der Waals surface area contributed by atoms with Crippen molar-refractivity contribution >= 4 is 17.4 Å². The Morgan fingerprint density at radius 3 is 2.70 bits per heavy atom. The Morgan fingerprint density at radius 1 is 1.15 bits per heavy atom. The van der Waals surface area contributed by atoms with Gasteiger partial charge in [-0.15, -0.1) is 0 Å². The molecule has 0 radical (unpaired) electrons. The van der Waals surface area contributed by atoms with Crippen LogP contribution in [0.2, 0.25) is 0 Å². The van der Waals surface area contributed by atoms with Gasteiger partial charge in [-0.25, -0.2) is 9.18 Å². The van der Waals surface area contributed by atoms with Gasteiger partial charge in [-0.05, 0) is 42.3 Å². The predicted octanol–water partition coefficient (Wildman–Crippen LogP) is 2.77. The van der Waals surface area contributed by atoms with Crippen LogP contribution in [0.4, 0.5) is 20.6 Å². The highest BCUT2D eigenvalue weighted by Gasteiger charge is 2.02. The monoisotopic (exact) mass is 273 g/mol. The molecule has 104 valence electrons. The second kappa shape index (κ2) is 6.56. The standard InChI is InChI=1S/C15H16FN3O/c16-12-4-1-3-11(9-12)7-8-18-15(20)19-14-6-2-5-13(17)10-14/h1-6,9-10H,7-8,17H2,(H2,18,19,20). The van der Waals surface area contributed by atoms with E-state index in [4.69, 9.17) is 5.73 Å². The Bertz CT molecular complexity index is 601. The summed E-state index contributed by atoms with van der Waals surface area (Å²) in [7, 11) is 0. The number of nitrogens with one attached hydrogen (secondary N) is 2. The Labute approximate surface area is 116 Å². The van der Waals surface area contributed by atoms with Crippen LogP contribution in [-0.2, 0) is 6.42 Å². The number of hydrogen-bond acceptors (Lipinski definition) is 2. The average Bonchev–Trinajstić information content (AvgIpc) is 2.38. The molecule has 0 atom stereocenters. The highest BCUT2D eigenvalue weighted by Crippen LogP contribution is 2.11. The van der Waals surface area contributed by atoms with Crippen molar-refractivity contribution in [3.63, 3.8) is 0 Å². The molecule has 0 aliphatic heterocycles. The van der Waals surface area contributed by atoms with E-state index in [0.717, 1.165) is 5.56 Å². The molecule has 20 heavy (non-hydrogen) atoms. The van der Waals surface area contributed by atoms with Crippen LogP contribution >= 0.6 is 0 Å². The number of rotatable bonds is 4. The second-order valence-electron chi connectivity index (χ2n) is 4.39. The number of amides is 2. The van der Waals surface area contributed by atoms with E-state index in [1.165, 1.54) is 12.1 Å². The van der Waals surface area contributed by atoms with Gasteiger partial charge in [-0.2, -0.15) is 0 Å². The number of nitrogens with two attached hydrogens (primary N) is 1. The summed E-state index contributed by atoms with van der Waals surface area (Å²) in [4.78, 5) is 11.6. The lowest BCUT2D eigenvalue weighted by molar-refractivity contribution is 0.252. The van der Waals surface area contributed by atoms with Gasteiger partial charge in [0.1, 0.15) is 5.82 Å². The van der Waals surface area contributed by atoms with Crippen LogP contribution in [0.15, 0.2) is 48.5 Å². The smallest absolute Gasteiger partial charge is 0.319 e. The van der Waals surface area contributed by atoms with Gasteiger partial charge in [0.2, 0.25) is 0 Å². The molecule has 0 aliphatic carbocycles. The lowest BCUT2D eigenvalue weighted by atomic mass is 10.1.